The molecular formula is C44H50N4O11S2. The van der Waals surface area contributed by atoms with Gasteiger partial charge in [-0.05, 0) is 73.2 Å². The largest absolute Gasteiger partial charge is 0.491 e. The molecule has 17 heteroatoms. The van der Waals surface area contributed by atoms with Crippen molar-refractivity contribution in [3.8, 4) is 33.8 Å². The molecule has 2 aromatic heterocycles. The average molecular weight is 875 g/mol. The Morgan fingerprint density at radius 2 is 0.820 bits per heavy atom. The molecule has 0 atom stereocenters. The first kappa shape index (κ1) is 44.8. The van der Waals surface area contributed by atoms with E-state index in [-0.39, 0.29) is 49.1 Å². The fourth-order valence-corrected chi connectivity index (χ4v) is 7.85. The topological polar surface area (TPSA) is 182 Å². The highest BCUT2D eigenvalue weighted by Crippen LogP contribution is 2.38. The van der Waals surface area contributed by atoms with Crippen molar-refractivity contribution >= 4 is 53.0 Å². The van der Waals surface area contributed by atoms with Gasteiger partial charge in [0.15, 0.2) is 0 Å². The summed E-state index contributed by atoms with van der Waals surface area (Å²) in [4.78, 5) is 25.7. The Morgan fingerprint density at radius 1 is 0.475 bits per heavy atom. The standard InChI is InChI=1S/C44H50N4O11S2/c1-5-60(51,52)45-31-15-17-41(37(27-31)39-29-47(3)43(49)35-13-9-7-11-33(35)39)58-25-23-56-21-19-55-20-22-57-24-26-59-42-18-16-32(46-61(53,54)6-2)28-38(42)40-30-48(4)44(50)36-14-10-8-12-34(36)40/h7-18,27-30,45-46H,5-6,19-26H2,1-4H3. The summed E-state index contributed by atoms with van der Waals surface area (Å²) in [6.45, 7) is 5.33. The molecule has 0 radical (unpaired) electrons. The van der Waals surface area contributed by atoms with Gasteiger partial charge in [-0.3, -0.25) is 19.0 Å². The number of aryl methyl sites for hydroxylation is 2. The average Bonchev–Trinajstić information content (AvgIpc) is 3.25. The second-order valence-electron chi connectivity index (χ2n) is 14.0. The van der Waals surface area contributed by atoms with Crippen LogP contribution in [-0.2, 0) is 48.4 Å². The Balaban J connectivity index is 0.971. The van der Waals surface area contributed by atoms with Crippen LogP contribution < -0.4 is 30.0 Å². The summed E-state index contributed by atoms with van der Waals surface area (Å²) >= 11 is 0. The van der Waals surface area contributed by atoms with Crippen molar-refractivity contribution in [3.63, 3.8) is 0 Å². The zero-order valence-corrected chi connectivity index (χ0v) is 36.1. The third-order valence-electron chi connectivity index (χ3n) is 9.74. The summed E-state index contributed by atoms with van der Waals surface area (Å²) < 4.78 is 87.0. The van der Waals surface area contributed by atoms with Gasteiger partial charge >= 0.3 is 0 Å². The van der Waals surface area contributed by atoms with Gasteiger partial charge in [-0.25, -0.2) is 16.8 Å². The minimum atomic E-state index is -3.53. The summed E-state index contributed by atoms with van der Waals surface area (Å²) in [7, 11) is -3.73. The van der Waals surface area contributed by atoms with E-state index in [0.717, 1.165) is 0 Å². The molecular weight excluding hydrogens is 825 g/mol. The molecule has 2 heterocycles. The van der Waals surface area contributed by atoms with E-state index in [0.29, 0.717) is 93.1 Å². The van der Waals surface area contributed by atoms with Crippen LogP contribution in [0.2, 0.25) is 0 Å². The summed E-state index contributed by atoms with van der Waals surface area (Å²) in [6, 6.07) is 24.5. The predicted molar refractivity (Wildman–Crippen MR) is 239 cm³/mol. The summed E-state index contributed by atoms with van der Waals surface area (Å²) in [5, 5.41) is 2.48. The number of hydrogen-bond donors (Lipinski definition) is 2. The van der Waals surface area contributed by atoms with E-state index in [2.05, 4.69) is 9.44 Å². The number of pyridine rings is 2. The van der Waals surface area contributed by atoms with Crippen molar-refractivity contribution in [2.75, 3.05) is 73.8 Å². The van der Waals surface area contributed by atoms with Gasteiger partial charge in [-0.1, -0.05) is 36.4 Å². The van der Waals surface area contributed by atoms with Gasteiger partial charge in [0.1, 0.15) is 24.7 Å². The van der Waals surface area contributed by atoms with Crippen molar-refractivity contribution in [3.05, 3.63) is 118 Å². The Hall–Kier alpha value is -5.72. The van der Waals surface area contributed by atoms with Gasteiger partial charge in [0.2, 0.25) is 20.0 Å². The number of benzene rings is 4. The molecule has 0 bridgehead atoms. The number of anilines is 2. The second-order valence-corrected chi connectivity index (χ2v) is 18.0. The van der Waals surface area contributed by atoms with E-state index >= 15 is 0 Å². The van der Waals surface area contributed by atoms with E-state index in [9.17, 15) is 26.4 Å². The van der Waals surface area contributed by atoms with E-state index < -0.39 is 20.0 Å². The maximum Gasteiger partial charge on any atom is 0.258 e. The molecule has 0 saturated heterocycles. The molecule has 0 aliphatic rings. The molecule has 0 spiro atoms. The van der Waals surface area contributed by atoms with Gasteiger partial charge in [0, 0.05) is 70.9 Å². The van der Waals surface area contributed by atoms with Crippen LogP contribution in [0.15, 0.2) is 107 Å². The fraction of sp³-hybridized carbons (Fsp3) is 0.318. The lowest BCUT2D eigenvalue weighted by atomic mass is 9.99. The third kappa shape index (κ3) is 11.4. The van der Waals surface area contributed by atoms with Gasteiger partial charge < -0.3 is 32.8 Å². The lowest BCUT2D eigenvalue weighted by molar-refractivity contribution is 0.00504. The van der Waals surface area contributed by atoms with E-state index in [1.165, 1.54) is 9.13 Å². The first-order valence-corrected chi connectivity index (χ1v) is 23.1. The van der Waals surface area contributed by atoms with Crippen LogP contribution in [0, 0.1) is 0 Å². The molecule has 15 nitrogen and oxygen atoms in total. The first-order chi connectivity index (χ1) is 29.3. The molecule has 0 fully saturated rings. The Morgan fingerprint density at radius 3 is 1.18 bits per heavy atom. The first-order valence-electron chi connectivity index (χ1n) is 19.8. The zero-order valence-electron chi connectivity index (χ0n) is 34.5. The Kier molecular flexibility index (Phi) is 14.9. The number of nitrogens with zero attached hydrogens (tertiary/aromatic N) is 2. The Labute approximate surface area is 354 Å². The molecule has 6 rings (SSSR count). The number of fused-ring (bicyclic) bond motifs is 2. The number of ether oxygens (including phenoxy) is 5. The molecule has 0 amide bonds. The zero-order chi connectivity index (χ0) is 43.6. The number of sulfonamides is 2. The van der Waals surface area contributed by atoms with Crippen LogP contribution in [-0.4, -0.2) is 90.3 Å². The quantitative estimate of drug-likeness (QED) is 0.0792. The summed E-state index contributed by atoms with van der Waals surface area (Å²) in [6.07, 6.45) is 3.43. The third-order valence-corrected chi connectivity index (χ3v) is 12.4. The van der Waals surface area contributed by atoms with Crippen molar-refractivity contribution < 1.29 is 40.5 Å². The number of hydrogen-bond acceptors (Lipinski definition) is 11. The normalized spacial score (nSPS) is 11.9. The number of rotatable bonds is 22. The summed E-state index contributed by atoms with van der Waals surface area (Å²) in [5.74, 6) is 0.828. The van der Waals surface area contributed by atoms with E-state index in [4.69, 9.17) is 23.7 Å². The molecule has 0 aliphatic heterocycles. The highest BCUT2D eigenvalue weighted by molar-refractivity contribution is 7.92. The van der Waals surface area contributed by atoms with Crippen LogP contribution in [0.4, 0.5) is 11.4 Å². The van der Waals surface area contributed by atoms with Gasteiger partial charge in [-0.15, -0.1) is 0 Å². The Bertz CT molecular complexity index is 2650. The fourth-order valence-electron chi connectivity index (χ4n) is 6.59. The second kappa shape index (κ2) is 20.2. The molecule has 0 aliphatic carbocycles. The molecule has 6 aromatic rings. The minimum absolute atomic E-state index is 0.0836. The van der Waals surface area contributed by atoms with E-state index in [1.54, 1.807) is 101 Å². The van der Waals surface area contributed by atoms with Gasteiger partial charge in [-0.2, -0.15) is 0 Å². The van der Waals surface area contributed by atoms with Crippen LogP contribution in [0.3, 0.4) is 0 Å². The van der Waals surface area contributed by atoms with Crippen molar-refractivity contribution in [1.29, 1.82) is 0 Å². The van der Waals surface area contributed by atoms with Gasteiger partial charge in [0.05, 0.1) is 51.1 Å². The molecule has 0 saturated carbocycles. The molecule has 0 unspecified atom stereocenters. The number of aromatic nitrogens is 2. The van der Waals surface area contributed by atoms with E-state index in [1.807, 2.05) is 24.3 Å². The van der Waals surface area contributed by atoms with Crippen molar-refractivity contribution in [2.45, 2.75) is 13.8 Å². The molecule has 2 N–H and O–H groups in total. The smallest absolute Gasteiger partial charge is 0.258 e. The lowest BCUT2D eigenvalue weighted by Crippen LogP contribution is -2.17. The maximum atomic E-state index is 12.9. The van der Waals surface area contributed by atoms with Crippen molar-refractivity contribution in [1.82, 2.24) is 9.13 Å². The SMILES string of the molecule is CCS(=O)(=O)Nc1ccc(OCCOCCOCCOCCOc2ccc(NS(=O)(=O)CC)cc2-c2cn(C)c(=O)c3ccccc23)c(-c2cn(C)c(=O)c3ccccc23)c1. The van der Waals surface area contributed by atoms with Crippen LogP contribution in [0.25, 0.3) is 43.8 Å². The number of nitrogens with one attached hydrogen (secondary N) is 2. The van der Waals surface area contributed by atoms with Crippen LogP contribution in [0.5, 0.6) is 11.5 Å². The molecule has 61 heavy (non-hydrogen) atoms. The monoisotopic (exact) mass is 874 g/mol. The summed E-state index contributed by atoms with van der Waals surface area (Å²) in [5.41, 5.74) is 3.11. The predicted octanol–water partition coefficient (Wildman–Crippen LogP) is 5.76. The van der Waals surface area contributed by atoms with Crippen molar-refractivity contribution in [2.24, 2.45) is 14.1 Å². The molecule has 324 valence electrons. The van der Waals surface area contributed by atoms with Gasteiger partial charge in [0.25, 0.3) is 11.1 Å². The minimum Gasteiger partial charge on any atom is -0.491 e. The highest BCUT2D eigenvalue weighted by atomic mass is 32.2. The van der Waals surface area contributed by atoms with Crippen LogP contribution in [0.1, 0.15) is 13.8 Å². The lowest BCUT2D eigenvalue weighted by Gasteiger charge is -2.17. The van der Waals surface area contributed by atoms with Crippen LogP contribution >= 0.6 is 0 Å². The molecule has 4 aromatic carbocycles. The highest BCUT2D eigenvalue weighted by Gasteiger charge is 2.18. The maximum absolute atomic E-state index is 12.9.